The Kier molecular flexibility index (Phi) is 6.97. The summed E-state index contributed by atoms with van der Waals surface area (Å²) in [5.41, 5.74) is 0.608. The molecule has 0 saturated carbocycles. The van der Waals surface area contributed by atoms with Crippen LogP contribution in [-0.4, -0.2) is 23.1 Å². The third-order valence-corrected chi connectivity index (χ3v) is 4.12. The van der Waals surface area contributed by atoms with Crippen molar-refractivity contribution in [2.75, 3.05) is 5.32 Å². The number of urea groups is 1. The number of carboxylic acids is 1. The van der Waals surface area contributed by atoms with Gasteiger partial charge < -0.3 is 15.7 Å². The number of carbonyl (C=O) groups excluding carboxylic acids is 1. The minimum absolute atomic E-state index is 0.0210. The summed E-state index contributed by atoms with van der Waals surface area (Å²) >= 11 is 10.1. The van der Waals surface area contributed by atoms with Crippen LogP contribution < -0.4 is 10.6 Å². The highest BCUT2D eigenvalue weighted by Crippen LogP contribution is 2.34. The Labute approximate surface area is 141 Å². The molecule has 1 unspecified atom stereocenters. The third kappa shape index (κ3) is 5.80. The van der Waals surface area contributed by atoms with Gasteiger partial charge in [-0.15, -0.1) is 0 Å². The molecule has 5 nitrogen and oxygen atoms in total. The summed E-state index contributed by atoms with van der Waals surface area (Å²) in [6.45, 7) is 1.76. The van der Waals surface area contributed by atoms with Crippen LogP contribution in [0.5, 0.6) is 0 Å². The lowest BCUT2D eigenvalue weighted by Gasteiger charge is -2.15. The minimum atomic E-state index is -0.877. The van der Waals surface area contributed by atoms with Crippen LogP contribution in [-0.2, 0) is 4.79 Å². The van der Waals surface area contributed by atoms with E-state index < -0.39 is 5.97 Å². The van der Waals surface area contributed by atoms with Gasteiger partial charge in [0.1, 0.15) is 0 Å². The first-order valence-corrected chi connectivity index (χ1v) is 8.11. The summed E-state index contributed by atoms with van der Waals surface area (Å²) in [6, 6.07) is 3.02. The van der Waals surface area contributed by atoms with E-state index in [-0.39, 0.29) is 18.5 Å². The zero-order chi connectivity index (χ0) is 15.3. The van der Waals surface area contributed by atoms with Crippen molar-refractivity contribution >= 4 is 65.5 Å². The summed E-state index contributed by atoms with van der Waals surface area (Å²) in [7, 11) is 0. The van der Waals surface area contributed by atoms with E-state index in [4.69, 9.17) is 5.11 Å². The van der Waals surface area contributed by atoms with Gasteiger partial charge in [0.15, 0.2) is 0 Å². The summed E-state index contributed by atoms with van der Waals surface area (Å²) in [6.07, 6.45) is 0.401. The quantitative estimate of drug-likeness (QED) is 0.596. The van der Waals surface area contributed by atoms with E-state index in [9.17, 15) is 9.59 Å². The van der Waals surface area contributed by atoms with Gasteiger partial charge in [0.25, 0.3) is 0 Å². The molecule has 0 aliphatic carbocycles. The van der Waals surface area contributed by atoms with Crippen LogP contribution >= 0.6 is 47.8 Å². The fraction of sp³-hybridized carbons (Fsp3) is 0.333. The molecule has 0 saturated heterocycles. The third-order valence-electron chi connectivity index (χ3n) is 2.41. The Balaban J connectivity index is 2.61. The first kappa shape index (κ1) is 17.5. The topological polar surface area (TPSA) is 78.4 Å². The molecule has 20 heavy (non-hydrogen) atoms. The van der Waals surface area contributed by atoms with Crippen LogP contribution in [0.1, 0.15) is 19.8 Å². The molecule has 1 atom stereocenters. The SMILES string of the molecule is CC(CCC(=O)O)NC(=O)Nc1c(Br)cc(Br)cc1Br. The molecule has 0 aliphatic rings. The van der Waals surface area contributed by atoms with E-state index in [1.165, 1.54) is 0 Å². The normalized spacial score (nSPS) is 11.8. The first-order chi connectivity index (χ1) is 9.29. The van der Waals surface area contributed by atoms with Crippen molar-refractivity contribution in [1.29, 1.82) is 0 Å². The second kappa shape index (κ2) is 7.99. The Morgan fingerprint density at radius 2 is 1.80 bits per heavy atom. The van der Waals surface area contributed by atoms with Gasteiger partial charge in [-0.05, 0) is 57.3 Å². The summed E-state index contributed by atoms with van der Waals surface area (Å²) < 4.78 is 2.33. The van der Waals surface area contributed by atoms with Crippen molar-refractivity contribution in [3.63, 3.8) is 0 Å². The van der Waals surface area contributed by atoms with Gasteiger partial charge in [-0.2, -0.15) is 0 Å². The van der Waals surface area contributed by atoms with Crippen molar-refractivity contribution in [3.8, 4) is 0 Å². The predicted molar refractivity (Wildman–Crippen MR) is 88.0 cm³/mol. The molecule has 0 aliphatic heterocycles. The standard InChI is InChI=1S/C12H13Br3N2O3/c1-6(2-3-10(18)19)16-12(20)17-11-8(14)4-7(13)5-9(11)15/h4-6H,2-3H2,1H3,(H,18,19)(H2,16,17,20). The maximum atomic E-state index is 11.8. The van der Waals surface area contributed by atoms with Gasteiger partial charge in [-0.3, -0.25) is 4.79 Å². The van der Waals surface area contributed by atoms with Crippen LogP contribution in [0.15, 0.2) is 25.6 Å². The Morgan fingerprint density at radius 3 is 2.30 bits per heavy atom. The van der Waals surface area contributed by atoms with E-state index in [1.807, 2.05) is 12.1 Å². The maximum Gasteiger partial charge on any atom is 0.319 e. The van der Waals surface area contributed by atoms with Crippen LogP contribution in [0.3, 0.4) is 0 Å². The van der Waals surface area contributed by atoms with Crippen LogP contribution in [0, 0.1) is 0 Å². The highest BCUT2D eigenvalue weighted by molar-refractivity contribution is 9.11. The fourth-order valence-electron chi connectivity index (χ4n) is 1.45. The molecule has 0 heterocycles. The number of carbonyl (C=O) groups is 2. The second-order valence-corrected chi connectivity index (χ2v) is 6.80. The number of hydrogen-bond acceptors (Lipinski definition) is 2. The fourth-order valence-corrected chi connectivity index (χ4v) is 3.90. The van der Waals surface area contributed by atoms with Gasteiger partial charge in [0, 0.05) is 25.9 Å². The average molecular weight is 473 g/mol. The molecule has 0 fully saturated rings. The summed E-state index contributed by atoms with van der Waals surface area (Å²) in [4.78, 5) is 22.3. The molecule has 1 aromatic rings. The monoisotopic (exact) mass is 470 g/mol. The summed E-state index contributed by atoms with van der Waals surface area (Å²) in [5.74, 6) is -0.877. The van der Waals surface area contributed by atoms with E-state index in [0.29, 0.717) is 12.1 Å². The number of carboxylic acid groups (broad SMARTS) is 1. The molecule has 8 heteroatoms. The number of aliphatic carboxylic acids is 1. The number of nitrogens with one attached hydrogen (secondary N) is 2. The number of anilines is 1. The van der Waals surface area contributed by atoms with Gasteiger partial charge >= 0.3 is 12.0 Å². The van der Waals surface area contributed by atoms with Gasteiger partial charge in [0.2, 0.25) is 0 Å². The van der Waals surface area contributed by atoms with E-state index in [2.05, 4.69) is 58.4 Å². The van der Waals surface area contributed by atoms with Gasteiger partial charge in [0.05, 0.1) is 5.69 Å². The second-order valence-electron chi connectivity index (χ2n) is 4.18. The van der Waals surface area contributed by atoms with Crippen molar-refractivity contribution in [1.82, 2.24) is 5.32 Å². The van der Waals surface area contributed by atoms with Crippen LogP contribution in [0.25, 0.3) is 0 Å². The Bertz CT molecular complexity index is 500. The summed E-state index contributed by atoms with van der Waals surface area (Å²) in [5, 5.41) is 14.0. The smallest absolute Gasteiger partial charge is 0.319 e. The lowest BCUT2D eigenvalue weighted by Crippen LogP contribution is -2.36. The van der Waals surface area contributed by atoms with E-state index in [1.54, 1.807) is 6.92 Å². The number of rotatable bonds is 5. The largest absolute Gasteiger partial charge is 0.481 e. The van der Waals surface area contributed by atoms with Gasteiger partial charge in [-0.25, -0.2) is 4.79 Å². The highest BCUT2D eigenvalue weighted by Gasteiger charge is 2.13. The zero-order valence-electron chi connectivity index (χ0n) is 10.5. The Hall–Kier alpha value is -0.600. The van der Waals surface area contributed by atoms with Crippen molar-refractivity contribution in [3.05, 3.63) is 25.6 Å². The van der Waals surface area contributed by atoms with Gasteiger partial charge in [-0.1, -0.05) is 15.9 Å². The van der Waals surface area contributed by atoms with Crippen molar-refractivity contribution in [2.24, 2.45) is 0 Å². The number of hydrogen-bond donors (Lipinski definition) is 3. The molecule has 1 aromatic carbocycles. The molecule has 0 aromatic heterocycles. The molecule has 3 N–H and O–H groups in total. The number of halogens is 3. The maximum absolute atomic E-state index is 11.8. The van der Waals surface area contributed by atoms with E-state index in [0.717, 1.165) is 13.4 Å². The van der Waals surface area contributed by atoms with E-state index >= 15 is 0 Å². The number of benzene rings is 1. The lowest BCUT2D eigenvalue weighted by molar-refractivity contribution is -0.137. The first-order valence-electron chi connectivity index (χ1n) is 5.73. The highest BCUT2D eigenvalue weighted by atomic mass is 79.9. The molecule has 2 amide bonds. The molecule has 0 bridgehead atoms. The number of amides is 2. The van der Waals surface area contributed by atoms with Crippen molar-refractivity contribution in [2.45, 2.75) is 25.8 Å². The van der Waals surface area contributed by atoms with Crippen molar-refractivity contribution < 1.29 is 14.7 Å². The molecular weight excluding hydrogens is 460 g/mol. The molecule has 110 valence electrons. The Morgan fingerprint density at radius 1 is 1.25 bits per heavy atom. The molecular formula is C12H13Br3N2O3. The molecule has 0 spiro atoms. The average Bonchev–Trinajstić information content (AvgIpc) is 2.31. The molecule has 0 radical (unpaired) electrons. The predicted octanol–water partition coefficient (Wildman–Crippen LogP) is 4.35. The lowest BCUT2D eigenvalue weighted by atomic mass is 10.2. The van der Waals surface area contributed by atoms with Crippen LogP contribution in [0.2, 0.25) is 0 Å². The van der Waals surface area contributed by atoms with Crippen LogP contribution in [0.4, 0.5) is 10.5 Å². The minimum Gasteiger partial charge on any atom is -0.481 e. The molecule has 1 rings (SSSR count). The zero-order valence-corrected chi connectivity index (χ0v) is 15.3.